The van der Waals surface area contributed by atoms with Crippen molar-refractivity contribution in [2.24, 2.45) is 0 Å². The first kappa shape index (κ1) is 12.1. The molecule has 1 aromatic rings. The van der Waals surface area contributed by atoms with Crippen molar-refractivity contribution >= 4 is 11.6 Å². The van der Waals surface area contributed by atoms with Crippen LogP contribution in [-0.2, 0) is 4.79 Å². The minimum absolute atomic E-state index is 0.0188. The minimum atomic E-state index is -0.280. The molecule has 1 aliphatic rings. The van der Waals surface area contributed by atoms with Gasteiger partial charge in [-0.2, -0.15) is 0 Å². The zero-order chi connectivity index (χ0) is 12.6. The van der Waals surface area contributed by atoms with Gasteiger partial charge in [0, 0.05) is 17.8 Å². The number of likely N-dealkylation sites (N-methyl/N-ethyl adjacent to an activating group) is 1. The van der Waals surface area contributed by atoms with E-state index in [1.807, 2.05) is 19.9 Å². The van der Waals surface area contributed by atoms with Gasteiger partial charge in [-0.1, -0.05) is 6.07 Å². The summed E-state index contributed by atoms with van der Waals surface area (Å²) in [6.45, 7) is 4.37. The molecule has 0 fully saturated rings. The van der Waals surface area contributed by atoms with E-state index in [9.17, 15) is 4.79 Å². The van der Waals surface area contributed by atoms with E-state index in [-0.39, 0.29) is 18.6 Å². The van der Waals surface area contributed by atoms with Crippen molar-refractivity contribution in [3.05, 3.63) is 28.8 Å². The van der Waals surface area contributed by atoms with Gasteiger partial charge in [-0.05, 0) is 38.1 Å². The number of nitrogens with one attached hydrogen (secondary N) is 1. The van der Waals surface area contributed by atoms with Crippen molar-refractivity contribution in [2.45, 2.75) is 19.9 Å². The van der Waals surface area contributed by atoms with Gasteiger partial charge >= 0.3 is 0 Å². The number of benzene rings is 1. The highest BCUT2D eigenvalue weighted by atomic mass is 16.3. The van der Waals surface area contributed by atoms with E-state index in [2.05, 4.69) is 11.4 Å². The Morgan fingerprint density at radius 2 is 2.12 bits per heavy atom. The van der Waals surface area contributed by atoms with E-state index in [1.54, 1.807) is 11.9 Å². The predicted octanol–water partition coefficient (Wildman–Crippen LogP) is 0.903. The summed E-state index contributed by atoms with van der Waals surface area (Å²) in [7, 11) is 1.79. The van der Waals surface area contributed by atoms with Gasteiger partial charge in [0.05, 0.1) is 6.61 Å². The zero-order valence-electron chi connectivity index (χ0n) is 10.4. The van der Waals surface area contributed by atoms with Gasteiger partial charge in [0.25, 0.3) is 0 Å². The van der Waals surface area contributed by atoms with Crippen LogP contribution >= 0.6 is 0 Å². The van der Waals surface area contributed by atoms with Crippen molar-refractivity contribution in [3.8, 4) is 0 Å². The fourth-order valence-corrected chi connectivity index (χ4v) is 2.55. The maximum absolute atomic E-state index is 12.2. The quantitative estimate of drug-likeness (QED) is 0.817. The fourth-order valence-electron chi connectivity index (χ4n) is 2.55. The van der Waals surface area contributed by atoms with Crippen molar-refractivity contribution in [3.63, 3.8) is 0 Å². The van der Waals surface area contributed by atoms with Crippen molar-refractivity contribution in [2.75, 3.05) is 25.1 Å². The SMILES string of the molecule is CNC1C(=O)N(CCO)c2cc(C)cc(C)c21. The highest BCUT2D eigenvalue weighted by molar-refractivity contribution is 6.05. The average molecular weight is 234 g/mol. The van der Waals surface area contributed by atoms with Gasteiger partial charge in [0.1, 0.15) is 6.04 Å². The summed E-state index contributed by atoms with van der Waals surface area (Å²) in [6.07, 6.45) is 0. The summed E-state index contributed by atoms with van der Waals surface area (Å²) >= 11 is 0. The molecule has 1 aromatic carbocycles. The molecular formula is C13H18N2O2. The molecule has 0 aliphatic carbocycles. The van der Waals surface area contributed by atoms with Crippen LogP contribution in [0.2, 0.25) is 0 Å². The Balaban J connectivity index is 2.56. The van der Waals surface area contributed by atoms with Crippen molar-refractivity contribution < 1.29 is 9.90 Å². The second kappa shape index (κ2) is 4.47. The molecule has 0 saturated heterocycles. The fraction of sp³-hybridized carbons (Fsp3) is 0.462. The number of hydrogen-bond acceptors (Lipinski definition) is 3. The lowest BCUT2D eigenvalue weighted by Gasteiger charge is -2.16. The molecule has 1 heterocycles. The van der Waals surface area contributed by atoms with Crippen LogP contribution in [0.3, 0.4) is 0 Å². The maximum atomic E-state index is 12.2. The Morgan fingerprint density at radius 3 is 2.71 bits per heavy atom. The highest BCUT2D eigenvalue weighted by Gasteiger charge is 2.37. The van der Waals surface area contributed by atoms with Crippen LogP contribution in [0.4, 0.5) is 5.69 Å². The van der Waals surface area contributed by atoms with E-state index in [0.29, 0.717) is 6.54 Å². The molecule has 0 radical (unpaired) electrons. The Bertz CT molecular complexity index is 457. The number of anilines is 1. The average Bonchev–Trinajstić information content (AvgIpc) is 2.53. The van der Waals surface area contributed by atoms with Crippen molar-refractivity contribution in [1.82, 2.24) is 5.32 Å². The number of amides is 1. The van der Waals surface area contributed by atoms with Crippen LogP contribution in [0.5, 0.6) is 0 Å². The molecule has 92 valence electrons. The Hall–Kier alpha value is -1.39. The Kier molecular flexibility index (Phi) is 3.17. The molecular weight excluding hydrogens is 216 g/mol. The van der Waals surface area contributed by atoms with Crippen molar-refractivity contribution in [1.29, 1.82) is 0 Å². The molecule has 0 spiro atoms. The lowest BCUT2D eigenvalue weighted by Crippen LogP contribution is -2.35. The maximum Gasteiger partial charge on any atom is 0.248 e. The lowest BCUT2D eigenvalue weighted by atomic mass is 10.00. The van der Waals surface area contributed by atoms with E-state index >= 15 is 0 Å². The first-order valence-corrected chi connectivity index (χ1v) is 5.80. The molecule has 1 amide bonds. The number of aryl methyl sites for hydroxylation is 2. The number of nitrogens with zero attached hydrogens (tertiary/aromatic N) is 1. The smallest absolute Gasteiger partial charge is 0.248 e. The lowest BCUT2D eigenvalue weighted by molar-refractivity contribution is -0.120. The summed E-state index contributed by atoms with van der Waals surface area (Å²) in [4.78, 5) is 13.9. The summed E-state index contributed by atoms with van der Waals surface area (Å²) in [5, 5.41) is 12.1. The minimum Gasteiger partial charge on any atom is -0.395 e. The molecule has 4 nitrogen and oxygen atoms in total. The van der Waals surface area contributed by atoms with Crippen LogP contribution in [-0.4, -0.2) is 31.2 Å². The number of hydrogen-bond donors (Lipinski definition) is 2. The highest BCUT2D eigenvalue weighted by Crippen LogP contribution is 2.38. The van der Waals surface area contributed by atoms with Gasteiger partial charge < -0.3 is 15.3 Å². The van der Waals surface area contributed by atoms with Crippen LogP contribution in [0.1, 0.15) is 22.7 Å². The number of carbonyl (C=O) groups is 1. The summed E-state index contributed by atoms with van der Waals surface area (Å²) in [6, 6.07) is 3.81. The molecule has 1 aliphatic heterocycles. The number of rotatable bonds is 3. The third-order valence-electron chi connectivity index (χ3n) is 3.21. The normalized spacial score (nSPS) is 18.7. The number of β-amino-alcohol motifs (C(OH)–C–C–N with tert-alkyl or cyclic N) is 1. The zero-order valence-corrected chi connectivity index (χ0v) is 10.4. The van der Waals surface area contributed by atoms with Crippen LogP contribution < -0.4 is 10.2 Å². The van der Waals surface area contributed by atoms with E-state index in [0.717, 1.165) is 22.4 Å². The van der Waals surface area contributed by atoms with Crippen LogP contribution in [0, 0.1) is 13.8 Å². The Morgan fingerprint density at radius 1 is 1.41 bits per heavy atom. The molecule has 4 heteroatoms. The summed E-state index contributed by atoms with van der Waals surface area (Å²) < 4.78 is 0. The van der Waals surface area contributed by atoms with Crippen LogP contribution in [0.15, 0.2) is 12.1 Å². The van der Waals surface area contributed by atoms with E-state index in [4.69, 9.17) is 5.11 Å². The van der Waals surface area contributed by atoms with E-state index < -0.39 is 0 Å². The van der Waals surface area contributed by atoms with Crippen LogP contribution in [0.25, 0.3) is 0 Å². The van der Waals surface area contributed by atoms with Gasteiger partial charge in [-0.25, -0.2) is 0 Å². The monoisotopic (exact) mass is 234 g/mol. The third-order valence-corrected chi connectivity index (χ3v) is 3.21. The Labute approximate surface area is 101 Å². The first-order chi connectivity index (χ1) is 8.10. The standard InChI is InChI=1S/C13H18N2O2/c1-8-6-9(2)11-10(7-8)15(4-5-16)13(17)12(11)14-3/h6-7,12,14,16H,4-5H2,1-3H3. The number of carbonyl (C=O) groups excluding carboxylic acids is 1. The molecule has 17 heavy (non-hydrogen) atoms. The molecule has 1 unspecified atom stereocenters. The second-order valence-electron chi connectivity index (χ2n) is 4.45. The van der Waals surface area contributed by atoms with E-state index in [1.165, 1.54) is 0 Å². The number of aliphatic hydroxyl groups excluding tert-OH is 1. The molecule has 0 saturated carbocycles. The van der Waals surface area contributed by atoms with Gasteiger partial charge in [-0.3, -0.25) is 4.79 Å². The topological polar surface area (TPSA) is 52.6 Å². The van der Waals surface area contributed by atoms with Gasteiger partial charge in [-0.15, -0.1) is 0 Å². The molecule has 1 atom stereocenters. The second-order valence-corrected chi connectivity index (χ2v) is 4.45. The van der Waals surface area contributed by atoms with Gasteiger partial charge in [0.2, 0.25) is 5.91 Å². The summed E-state index contributed by atoms with van der Waals surface area (Å²) in [5.74, 6) is 0.0188. The largest absolute Gasteiger partial charge is 0.395 e. The molecule has 2 rings (SSSR count). The summed E-state index contributed by atoms with van der Waals surface area (Å²) in [5.41, 5.74) is 4.22. The number of aliphatic hydroxyl groups is 1. The first-order valence-electron chi connectivity index (χ1n) is 5.80. The molecule has 2 N–H and O–H groups in total. The third kappa shape index (κ3) is 1.83. The van der Waals surface area contributed by atoms with Gasteiger partial charge in [0.15, 0.2) is 0 Å². The molecule has 0 aromatic heterocycles. The number of fused-ring (bicyclic) bond motifs is 1. The molecule has 0 bridgehead atoms. The predicted molar refractivity (Wildman–Crippen MR) is 67.2 cm³/mol.